The minimum absolute atomic E-state index is 0.119. The van der Waals surface area contributed by atoms with Gasteiger partial charge >= 0.3 is 13.9 Å². The van der Waals surface area contributed by atoms with Crippen LogP contribution >= 0.6 is 8.25 Å². The average molecular weight is 308 g/mol. The van der Waals surface area contributed by atoms with Crippen LogP contribution in [0.1, 0.15) is 18.0 Å². The molecular weight excluding hydrogens is 298 g/mol. The molecule has 0 aromatic carbocycles. The van der Waals surface area contributed by atoms with E-state index in [2.05, 4.69) is 4.52 Å². The van der Waals surface area contributed by atoms with Crippen LogP contribution in [0.3, 0.4) is 0 Å². The number of halogens is 1. The topological polar surface area (TPSA) is 131 Å². The van der Waals surface area contributed by atoms with Crippen molar-refractivity contribution in [1.29, 1.82) is 0 Å². The van der Waals surface area contributed by atoms with Crippen LogP contribution in [0.15, 0.2) is 15.7 Å². The minimum Gasteiger partial charge on any atom is -0.384 e. The van der Waals surface area contributed by atoms with Crippen molar-refractivity contribution in [3.05, 3.63) is 32.6 Å². The van der Waals surface area contributed by atoms with Crippen molar-refractivity contribution in [2.24, 2.45) is 0 Å². The first-order chi connectivity index (χ1) is 9.40. The number of fused-ring (bicyclic) bond motifs is 4. The lowest BCUT2D eigenvalue weighted by molar-refractivity contribution is -0.112. The first-order valence-corrected chi connectivity index (χ1v) is 6.89. The fourth-order valence-corrected chi connectivity index (χ4v) is 3.04. The number of nitrogens with zero attached hydrogens (tertiary/aromatic N) is 1. The number of ether oxygens (including phenoxy) is 1. The van der Waals surface area contributed by atoms with E-state index in [0.717, 1.165) is 10.6 Å². The van der Waals surface area contributed by atoms with Crippen LogP contribution < -0.4 is 11.2 Å². The molecule has 2 aliphatic heterocycles. The van der Waals surface area contributed by atoms with Gasteiger partial charge in [-0.05, 0) is 0 Å². The summed E-state index contributed by atoms with van der Waals surface area (Å²) >= 11 is 0. The van der Waals surface area contributed by atoms with E-state index >= 15 is 0 Å². The monoisotopic (exact) mass is 308 g/mol. The summed E-state index contributed by atoms with van der Waals surface area (Å²) < 4.78 is 35.4. The summed E-state index contributed by atoms with van der Waals surface area (Å²) in [5.74, 6) is 0. The molecule has 3 N–H and O–H groups in total. The number of aliphatic hydroxyl groups excluding tert-OH is 1. The molecule has 1 fully saturated rings. The summed E-state index contributed by atoms with van der Waals surface area (Å²) in [7, 11) is -3.45. The maximum atomic E-state index is 14.2. The first kappa shape index (κ1) is 13.7. The quantitative estimate of drug-likeness (QED) is 0.572. The van der Waals surface area contributed by atoms with Gasteiger partial charge in [0, 0.05) is 6.07 Å². The molecule has 0 spiro atoms. The highest BCUT2D eigenvalue weighted by molar-refractivity contribution is 7.32. The molecule has 1 aromatic heterocycles. The largest absolute Gasteiger partial charge is 0.384 e. The lowest BCUT2D eigenvalue weighted by atomic mass is 10.1. The second kappa shape index (κ2) is 4.61. The van der Waals surface area contributed by atoms with Crippen molar-refractivity contribution in [1.82, 2.24) is 9.55 Å². The van der Waals surface area contributed by atoms with Crippen molar-refractivity contribution in [2.45, 2.75) is 30.7 Å². The van der Waals surface area contributed by atoms with E-state index in [9.17, 15) is 23.7 Å². The van der Waals surface area contributed by atoms with Crippen LogP contribution in [-0.4, -0.2) is 37.9 Å². The number of hydrogen-bond acceptors (Lipinski definition) is 6. The zero-order chi connectivity index (χ0) is 14.6. The molecule has 9 nitrogen and oxygen atoms in total. The molecule has 0 radical (unpaired) electrons. The number of alkyl halides is 1. The van der Waals surface area contributed by atoms with Gasteiger partial charge in [0.05, 0.1) is 5.69 Å². The van der Waals surface area contributed by atoms with Gasteiger partial charge in [0.15, 0.2) is 12.4 Å². The van der Waals surface area contributed by atoms with Crippen molar-refractivity contribution in [3.8, 4) is 0 Å². The van der Waals surface area contributed by atoms with E-state index in [0.29, 0.717) is 0 Å². The second-order valence-corrected chi connectivity index (χ2v) is 5.23. The normalized spacial score (nSPS) is 36.6. The smallest absolute Gasteiger partial charge is 0.330 e. The van der Waals surface area contributed by atoms with Crippen LogP contribution in [-0.2, 0) is 13.8 Å². The van der Waals surface area contributed by atoms with Gasteiger partial charge in [0.25, 0.3) is 5.56 Å². The first-order valence-electron chi connectivity index (χ1n) is 5.63. The molecule has 6 atom stereocenters. The highest BCUT2D eigenvalue weighted by atomic mass is 31.1. The lowest BCUT2D eigenvalue weighted by Crippen LogP contribution is -2.41. The standard InChI is InChI=1S/C9H10FN2O7P/c10-4-6(19-20(16)17)7-5(14)2-1-3(13)11-9(15)12(2)8(4)18-7/h1,4-8,14,20H,(H,16,17)(H,11,13,15)/t4?,5-,6?,7?,8?/m1/s1. The molecule has 11 heteroatoms. The fraction of sp³-hybridized carbons (Fsp3) is 0.556. The van der Waals surface area contributed by atoms with Crippen LogP contribution in [0, 0.1) is 0 Å². The molecule has 1 saturated heterocycles. The maximum absolute atomic E-state index is 14.2. The highest BCUT2D eigenvalue weighted by Crippen LogP contribution is 2.45. The van der Waals surface area contributed by atoms with Gasteiger partial charge in [-0.2, -0.15) is 0 Å². The van der Waals surface area contributed by atoms with E-state index in [4.69, 9.17) is 9.63 Å². The number of aromatic nitrogens is 2. The molecule has 0 amide bonds. The Morgan fingerprint density at radius 3 is 2.85 bits per heavy atom. The summed E-state index contributed by atoms with van der Waals surface area (Å²) in [5, 5.41) is 10.0. The van der Waals surface area contributed by atoms with E-state index < -0.39 is 50.2 Å². The number of H-pyrrole nitrogens is 1. The Morgan fingerprint density at radius 1 is 1.50 bits per heavy atom. The van der Waals surface area contributed by atoms with Crippen molar-refractivity contribution < 1.29 is 28.2 Å². The predicted octanol–water partition coefficient (Wildman–Crippen LogP) is -1.41. The minimum atomic E-state index is -3.45. The summed E-state index contributed by atoms with van der Waals surface area (Å²) in [5.41, 5.74) is -1.80. The Balaban J connectivity index is 2.12. The Kier molecular flexibility index (Phi) is 3.14. The second-order valence-electron chi connectivity index (χ2n) is 4.46. The summed E-state index contributed by atoms with van der Waals surface area (Å²) in [6.07, 6.45) is -7.64. The Labute approximate surface area is 110 Å². The molecule has 1 aromatic rings. The number of aliphatic hydroxyl groups is 1. The van der Waals surface area contributed by atoms with Gasteiger partial charge < -0.3 is 19.3 Å². The number of aromatic amines is 1. The van der Waals surface area contributed by atoms with Crippen LogP contribution in [0.25, 0.3) is 0 Å². The van der Waals surface area contributed by atoms with Gasteiger partial charge in [0.1, 0.15) is 18.3 Å². The number of rotatable bonds is 2. The predicted molar refractivity (Wildman–Crippen MR) is 61.2 cm³/mol. The van der Waals surface area contributed by atoms with Crippen LogP contribution in [0.4, 0.5) is 4.39 Å². The van der Waals surface area contributed by atoms with Crippen LogP contribution in [0.5, 0.6) is 0 Å². The van der Waals surface area contributed by atoms with Crippen molar-refractivity contribution >= 4 is 8.25 Å². The molecule has 2 aliphatic rings. The number of hydrogen-bond donors (Lipinski definition) is 3. The Bertz CT molecular complexity index is 688. The van der Waals surface area contributed by atoms with Crippen molar-refractivity contribution in [3.63, 3.8) is 0 Å². The molecule has 20 heavy (non-hydrogen) atoms. The zero-order valence-corrected chi connectivity index (χ0v) is 10.7. The fourth-order valence-electron chi connectivity index (χ4n) is 2.54. The molecule has 110 valence electrons. The average Bonchev–Trinajstić information content (AvgIpc) is 2.62. The molecule has 0 saturated carbocycles. The van der Waals surface area contributed by atoms with Crippen LogP contribution in [0.2, 0.25) is 0 Å². The SMILES string of the molecule is O=c1cc2n(c(=O)[nH]1)C1OC(C(O[PH](=O)O)C1F)[C@@H]2O. The zero-order valence-electron chi connectivity index (χ0n) is 9.72. The molecule has 0 aliphatic carbocycles. The number of nitrogens with one attached hydrogen (secondary N) is 1. The van der Waals surface area contributed by atoms with Gasteiger partial charge in [-0.25, -0.2) is 9.18 Å². The molecule has 3 rings (SSSR count). The Hall–Kier alpha value is -1.32. The summed E-state index contributed by atoms with van der Waals surface area (Å²) in [6.45, 7) is 0. The third-order valence-corrected chi connectivity index (χ3v) is 3.79. The molecule has 3 heterocycles. The van der Waals surface area contributed by atoms with Gasteiger partial charge in [-0.3, -0.25) is 18.9 Å². The van der Waals surface area contributed by atoms with Gasteiger partial charge in [-0.15, -0.1) is 0 Å². The van der Waals surface area contributed by atoms with E-state index in [1.807, 2.05) is 4.98 Å². The van der Waals surface area contributed by atoms with Gasteiger partial charge in [-0.1, -0.05) is 0 Å². The molecule has 5 unspecified atom stereocenters. The van der Waals surface area contributed by atoms with Gasteiger partial charge in [0.2, 0.25) is 0 Å². The third-order valence-electron chi connectivity index (χ3n) is 3.32. The van der Waals surface area contributed by atoms with E-state index in [1.54, 1.807) is 0 Å². The molecule has 2 bridgehead atoms. The summed E-state index contributed by atoms with van der Waals surface area (Å²) in [4.78, 5) is 33.6. The van der Waals surface area contributed by atoms with E-state index in [1.165, 1.54) is 0 Å². The third kappa shape index (κ3) is 1.88. The van der Waals surface area contributed by atoms with E-state index in [-0.39, 0.29) is 5.69 Å². The Morgan fingerprint density at radius 2 is 2.20 bits per heavy atom. The maximum Gasteiger partial charge on any atom is 0.330 e. The highest BCUT2D eigenvalue weighted by Gasteiger charge is 2.55. The van der Waals surface area contributed by atoms with Crippen molar-refractivity contribution in [2.75, 3.05) is 0 Å². The summed E-state index contributed by atoms with van der Waals surface area (Å²) in [6, 6.07) is 0.950. The molecular formula is C9H10FN2O7P. The lowest BCUT2D eigenvalue weighted by Gasteiger charge is -2.29.